The molecule has 0 unspecified atom stereocenters. The molecule has 10 heteroatoms. The second kappa shape index (κ2) is 3.35. The highest BCUT2D eigenvalue weighted by Crippen LogP contribution is 2.46. The fraction of sp³-hybridized carbons (Fsp3) is 0.600. The fourth-order valence-electron chi connectivity index (χ4n) is 0.566. The number of rotatable bonds is 2. The summed E-state index contributed by atoms with van der Waals surface area (Å²) in [6, 6.07) is 0. The zero-order valence-electron chi connectivity index (χ0n) is 6.41. The van der Waals surface area contributed by atoms with Crippen LogP contribution >= 0.6 is 0 Å². The molecule has 0 aromatic heterocycles. The molecule has 0 atom stereocenters. The van der Waals surface area contributed by atoms with Crippen molar-refractivity contribution in [3.05, 3.63) is 0 Å². The molecule has 0 radical (unpaired) electrons. The van der Waals surface area contributed by atoms with Crippen molar-refractivity contribution >= 4 is 11.8 Å². The Hall–Kier alpha value is -1.35. The average Bonchev–Trinajstić information content (AvgIpc) is 1.96. The zero-order chi connectivity index (χ0) is 12.7. The Labute approximate surface area is 76.5 Å². The van der Waals surface area contributed by atoms with Crippen molar-refractivity contribution in [3.63, 3.8) is 0 Å². The van der Waals surface area contributed by atoms with Gasteiger partial charge in [0.2, 0.25) is 0 Å². The first-order valence-electron chi connectivity index (χ1n) is 2.95. The molecule has 88 valence electrons. The van der Waals surface area contributed by atoms with Gasteiger partial charge in [-0.3, -0.25) is 4.79 Å². The van der Waals surface area contributed by atoms with E-state index >= 15 is 0 Å². The number of carboxylic acids is 1. The molecule has 3 nitrogen and oxygen atoms in total. The van der Waals surface area contributed by atoms with Crippen LogP contribution in [0.15, 0.2) is 0 Å². The molecule has 0 aromatic rings. The highest BCUT2D eigenvalue weighted by molar-refractivity contribution is 6.36. The van der Waals surface area contributed by atoms with E-state index in [1.165, 1.54) is 0 Å². The number of halogens is 7. The summed E-state index contributed by atoms with van der Waals surface area (Å²) in [6.07, 6.45) is -13.4. The van der Waals surface area contributed by atoms with E-state index in [9.17, 15) is 40.3 Å². The lowest BCUT2D eigenvalue weighted by Crippen LogP contribution is -2.60. The number of Topliss-reactive ketones (excluding diaryl/α,β-unsaturated/α-hetero) is 1. The topological polar surface area (TPSA) is 54.4 Å². The number of ketones is 1. The molecule has 0 amide bonds. The predicted molar refractivity (Wildman–Crippen MR) is 28.6 cm³/mol. The highest BCUT2D eigenvalue weighted by Gasteiger charge is 2.78. The maximum Gasteiger partial charge on any atom is 0.439 e. The number of hydrogen-bond donors (Lipinski definition) is 1. The Bertz CT molecular complexity index is 274. The SMILES string of the molecule is O=C(O)C(=O)C(F)(C(F)(F)F)C(F)(F)F. The smallest absolute Gasteiger partial charge is 0.439 e. The maximum atomic E-state index is 12.5. The molecule has 1 N–H and O–H groups in total. The first kappa shape index (κ1) is 13.7. The number of alkyl halides is 7. The third-order valence-corrected chi connectivity index (χ3v) is 1.29. The van der Waals surface area contributed by atoms with Crippen LogP contribution in [0.25, 0.3) is 0 Å². The van der Waals surface area contributed by atoms with Gasteiger partial charge in [-0.1, -0.05) is 0 Å². The van der Waals surface area contributed by atoms with E-state index in [1.807, 2.05) is 0 Å². The minimum atomic E-state index is -6.68. The molecular formula is C5HF7O3. The number of carbonyl (C=O) groups excluding carboxylic acids is 1. The van der Waals surface area contributed by atoms with Crippen molar-refractivity contribution in [2.45, 2.75) is 18.0 Å². The van der Waals surface area contributed by atoms with Gasteiger partial charge in [0, 0.05) is 0 Å². The monoisotopic (exact) mass is 242 g/mol. The second-order valence-electron chi connectivity index (χ2n) is 2.29. The summed E-state index contributed by atoms with van der Waals surface area (Å²) < 4.78 is 82.3. The van der Waals surface area contributed by atoms with Crippen molar-refractivity contribution in [2.24, 2.45) is 0 Å². The molecule has 0 heterocycles. The summed E-state index contributed by atoms with van der Waals surface area (Å²) in [5, 5.41) is 7.65. The second-order valence-corrected chi connectivity index (χ2v) is 2.29. The average molecular weight is 242 g/mol. The van der Waals surface area contributed by atoms with Crippen molar-refractivity contribution in [2.75, 3.05) is 0 Å². The molecule has 0 aliphatic heterocycles. The lowest BCUT2D eigenvalue weighted by Gasteiger charge is -2.26. The van der Waals surface area contributed by atoms with Crippen LogP contribution < -0.4 is 0 Å². The van der Waals surface area contributed by atoms with Gasteiger partial charge < -0.3 is 5.11 Å². The Balaban J connectivity index is 5.64. The standard InChI is InChI=1S/C5HF7O3/c6-3(4(7,8)9,5(10,11)12)1(13)2(14)15/h(H,14,15). The van der Waals surface area contributed by atoms with Gasteiger partial charge in [0.25, 0.3) is 5.78 Å². The van der Waals surface area contributed by atoms with Crippen LogP contribution in [-0.4, -0.2) is 34.9 Å². The number of carbonyl (C=O) groups is 2. The minimum absolute atomic E-state index is 3.16. The van der Waals surface area contributed by atoms with E-state index in [1.54, 1.807) is 0 Å². The molecule has 0 aromatic carbocycles. The molecule has 0 bridgehead atoms. The Morgan fingerprint density at radius 3 is 1.13 bits per heavy atom. The Morgan fingerprint density at radius 2 is 1.07 bits per heavy atom. The number of carboxylic acid groups (broad SMARTS) is 1. The van der Waals surface area contributed by atoms with E-state index in [2.05, 4.69) is 0 Å². The molecule has 0 spiro atoms. The van der Waals surface area contributed by atoms with Crippen molar-refractivity contribution in [1.82, 2.24) is 0 Å². The summed E-state index contributed by atoms with van der Waals surface area (Å²) in [4.78, 5) is 19.7. The van der Waals surface area contributed by atoms with Crippen LogP contribution in [0.4, 0.5) is 30.7 Å². The summed E-state index contributed by atoms with van der Waals surface area (Å²) >= 11 is 0. The summed E-state index contributed by atoms with van der Waals surface area (Å²) in [5.41, 5.74) is -6.38. The van der Waals surface area contributed by atoms with Gasteiger partial charge in [-0.25, -0.2) is 9.18 Å². The van der Waals surface area contributed by atoms with Crippen LogP contribution in [0.5, 0.6) is 0 Å². The summed E-state index contributed by atoms with van der Waals surface area (Å²) in [7, 11) is 0. The summed E-state index contributed by atoms with van der Waals surface area (Å²) in [6.45, 7) is 0. The third kappa shape index (κ3) is 2.02. The first-order chi connectivity index (χ1) is 6.35. The molecule has 15 heavy (non-hydrogen) atoms. The minimum Gasteiger partial charge on any atom is -0.475 e. The lowest BCUT2D eigenvalue weighted by atomic mass is 9.99. The quantitative estimate of drug-likeness (QED) is 0.589. The van der Waals surface area contributed by atoms with Gasteiger partial charge in [-0.05, 0) is 0 Å². The lowest BCUT2D eigenvalue weighted by molar-refractivity contribution is -0.324. The Kier molecular flexibility index (Phi) is 3.05. The predicted octanol–water partition coefficient (Wildman–Crippen LogP) is 1.47. The largest absolute Gasteiger partial charge is 0.475 e. The van der Waals surface area contributed by atoms with Gasteiger partial charge in [-0.15, -0.1) is 0 Å². The number of aliphatic carboxylic acids is 1. The van der Waals surface area contributed by atoms with E-state index in [-0.39, 0.29) is 0 Å². The van der Waals surface area contributed by atoms with E-state index in [0.717, 1.165) is 0 Å². The van der Waals surface area contributed by atoms with Gasteiger partial charge in [0.15, 0.2) is 0 Å². The Morgan fingerprint density at radius 1 is 0.800 bits per heavy atom. The molecule has 0 saturated heterocycles. The highest BCUT2D eigenvalue weighted by atomic mass is 19.4. The molecular weight excluding hydrogens is 241 g/mol. The van der Waals surface area contributed by atoms with E-state index < -0.39 is 29.8 Å². The third-order valence-electron chi connectivity index (χ3n) is 1.29. The van der Waals surface area contributed by atoms with Crippen LogP contribution in [0, 0.1) is 0 Å². The van der Waals surface area contributed by atoms with Crippen molar-refractivity contribution < 1.29 is 45.4 Å². The zero-order valence-corrected chi connectivity index (χ0v) is 6.41. The molecule has 0 saturated carbocycles. The van der Waals surface area contributed by atoms with Crippen LogP contribution in [0.3, 0.4) is 0 Å². The van der Waals surface area contributed by atoms with Crippen molar-refractivity contribution in [1.29, 1.82) is 0 Å². The number of hydrogen-bond acceptors (Lipinski definition) is 2. The van der Waals surface area contributed by atoms with Gasteiger partial charge in [0.1, 0.15) is 0 Å². The molecule has 0 aliphatic carbocycles. The van der Waals surface area contributed by atoms with Crippen molar-refractivity contribution in [3.8, 4) is 0 Å². The van der Waals surface area contributed by atoms with E-state index in [0.29, 0.717) is 0 Å². The van der Waals surface area contributed by atoms with Crippen LogP contribution in [0.2, 0.25) is 0 Å². The van der Waals surface area contributed by atoms with Gasteiger partial charge in [-0.2, -0.15) is 26.3 Å². The summed E-state index contributed by atoms with van der Waals surface area (Å²) in [5.74, 6) is -6.78. The fourth-order valence-corrected chi connectivity index (χ4v) is 0.566. The maximum absolute atomic E-state index is 12.5. The first-order valence-corrected chi connectivity index (χ1v) is 2.95. The normalized spacial score (nSPS) is 13.8. The van der Waals surface area contributed by atoms with Crippen LogP contribution in [0.1, 0.15) is 0 Å². The molecule has 0 aliphatic rings. The van der Waals surface area contributed by atoms with Gasteiger partial charge in [0.05, 0.1) is 0 Å². The van der Waals surface area contributed by atoms with Crippen LogP contribution in [-0.2, 0) is 9.59 Å². The molecule has 0 fully saturated rings. The van der Waals surface area contributed by atoms with E-state index in [4.69, 9.17) is 5.11 Å². The van der Waals surface area contributed by atoms with Gasteiger partial charge >= 0.3 is 24.0 Å². The molecule has 0 rings (SSSR count).